The van der Waals surface area contributed by atoms with Gasteiger partial charge in [0.2, 0.25) is 5.91 Å². The van der Waals surface area contributed by atoms with E-state index in [0.717, 1.165) is 19.5 Å². The Morgan fingerprint density at radius 3 is 2.68 bits per heavy atom. The first-order valence-electron chi connectivity index (χ1n) is 7.78. The number of alkyl halides is 3. The molecule has 0 spiro atoms. The molecule has 1 unspecified atom stereocenters. The number of amides is 1. The van der Waals surface area contributed by atoms with Crippen molar-refractivity contribution in [2.45, 2.75) is 32.3 Å². The standard InChI is InChI=1S/C17H17F3N2O2S/c1-11(22-8-6-15-12(10-22)7-9-25-15)16(23)21-13-2-4-14(5-3-13)24-17(18,19)20/h2-5,7,9,11H,6,8,10H2,1H3,(H,21,23). The Hall–Kier alpha value is -2.06. The fourth-order valence-corrected chi connectivity index (χ4v) is 3.64. The fraction of sp³-hybridized carbons (Fsp3) is 0.353. The highest BCUT2D eigenvalue weighted by molar-refractivity contribution is 7.10. The largest absolute Gasteiger partial charge is 0.573 e. The number of hydrogen-bond donors (Lipinski definition) is 1. The molecule has 134 valence electrons. The van der Waals surface area contributed by atoms with Crippen LogP contribution in [0.4, 0.5) is 18.9 Å². The number of nitrogens with one attached hydrogen (secondary N) is 1. The lowest BCUT2D eigenvalue weighted by Crippen LogP contribution is -2.44. The molecule has 1 aromatic heterocycles. The monoisotopic (exact) mass is 370 g/mol. The molecule has 1 N–H and O–H groups in total. The van der Waals surface area contributed by atoms with Crippen LogP contribution in [0.25, 0.3) is 0 Å². The van der Waals surface area contributed by atoms with Gasteiger partial charge in [0, 0.05) is 23.7 Å². The maximum atomic E-state index is 12.4. The van der Waals surface area contributed by atoms with Crippen LogP contribution in [0.15, 0.2) is 35.7 Å². The maximum absolute atomic E-state index is 12.4. The van der Waals surface area contributed by atoms with Crippen LogP contribution in [0.3, 0.4) is 0 Å². The highest BCUT2D eigenvalue weighted by Gasteiger charge is 2.31. The molecule has 1 aliphatic heterocycles. The highest BCUT2D eigenvalue weighted by Crippen LogP contribution is 2.26. The zero-order chi connectivity index (χ0) is 18.0. The number of halogens is 3. The summed E-state index contributed by atoms with van der Waals surface area (Å²) >= 11 is 1.74. The van der Waals surface area contributed by atoms with E-state index < -0.39 is 6.36 Å². The molecule has 0 fully saturated rings. The van der Waals surface area contributed by atoms with E-state index in [4.69, 9.17) is 0 Å². The van der Waals surface area contributed by atoms with Gasteiger partial charge in [-0.05, 0) is 54.6 Å². The molecule has 25 heavy (non-hydrogen) atoms. The normalized spacial score (nSPS) is 16.2. The smallest absolute Gasteiger partial charge is 0.406 e. The van der Waals surface area contributed by atoms with Gasteiger partial charge in [-0.25, -0.2) is 0 Å². The van der Waals surface area contributed by atoms with Crippen molar-refractivity contribution in [2.75, 3.05) is 11.9 Å². The molecule has 1 atom stereocenters. The molecule has 2 aromatic rings. The minimum atomic E-state index is -4.73. The van der Waals surface area contributed by atoms with Crippen molar-refractivity contribution in [3.05, 3.63) is 46.2 Å². The Morgan fingerprint density at radius 2 is 2.00 bits per heavy atom. The fourth-order valence-electron chi connectivity index (χ4n) is 2.75. The first kappa shape index (κ1) is 17.8. The Balaban J connectivity index is 1.58. The third-order valence-electron chi connectivity index (χ3n) is 4.12. The number of rotatable bonds is 4. The maximum Gasteiger partial charge on any atom is 0.573 e. The minimum absolute atomic E-state index is 0.192. The van der Waals surface area contributed by atoms with Gasteiger partial charge in [-0.3, -0.25) is 9.69 Å². The van der Waals surface area contributed by atoms with Crippen LogP contribution in [0.1, 0.15) is 17.4 Å². The molecule has 0 saturated heterocycles. The van der Waals surface area contributed by atoms with E-state index in [-0.39, 0.29) is 17.7 Å². The van der Waals surface area contributed by atoms with Gasteiger partial charge in [0.15, 0.2) is 0 Å². The molecule has 8 heteroatoms. The van der Waals surface area contributed by atoms with Crippen LogP contribution in [-0.4, -0.2) is 29.8 Å². The molecule has 1 aromatic carbocycles. The van der Waals surface area contributed by atoms with Crippen molar-refractivity contribution in [2.24, 2.45) is 0 Å². The van der Waals surface area contributed by atoms with Crippen molar-refractivity contribution >= 4 is 22.9 Å². The first-order valence-corrected chi connectivity index (χ1v) is 8.66. The van der Waals surface area contributed by atoms with E-state index in [0.29, 0.717) is 5.69 Å². The summed E-state index contributed by atoms with van der Waals surface area (Å²) in [5, 5.41) is 4.79. The quantitative estimate of drug-likeness (QED) is 0.884. The van der Waals surface area contributed by atoms with Crippen LogP contribution >= 0.6 is 11.3 Å². The van der Waals surface area contributed by atoms with Crippen LogP contribution in [0.5, 0.6) is 5.75 Å². The van der Waals surface area contributed by atoms with E-state index >= 15 is 0 Å². The predicted octanol–water partition coefficient (Wildman–Crippen LogP) is 4.03. The summed E-state index contributed by atoms with van der Waals surface area (Å²) in [6.45, 7) is 3.36. The van der Waals surface area contributed by atoms with Gasteiger partial charge in [0.05, 0.1) is 6.04 Å². The van der Waals surface area contributed by atoms with Gasteiger partial charge in [-0.15, -0.1) is 24.5 Å². The van der Waals surface area contributed by atoms with E-state index in [1.54, 1.807) is 11.3 Å². The first-order chi connectivity index (χ1) is 11.8. The summed E-state index contributed by atoms with van der Waals surface area (Å²) in [5.41, 5.74) is 1.68. The lowest BCUT2D eigenvalue weighted by Gasteiger charge is -2.31. The third-order valence-corrected chi connectivity index (χ3v) is 5.14. The minimum Gasteiger partial charge on any atom is -0.406 e. The van der Waals surface area contributed by atoms with E-state index in [9.17, 15) is 18.0 Å². The number of hydrogen-bond acceptors (Lipinski definition) is 4. The summed E-state index contributed by atoms with van der Waals surface area (Å²) in [4.78, 5) is 15.9. The van der Waals surface area contributed by atoms with Gasteiger partial charge in [-0.1, -0.05) is 0 Å². The number of benzene rings is 1. The van der Waals surface area contributed by atoms with Gasteiger partial charge in [-0.2, -0.15) is 0 Å². The van der Waals surface area contributed by atoms with Gasteiger partial charge < -0.3 is 10.1 Å². The zero-order valence-electron chi connectivity index (χ0n) is 13.5. The number of anilines is 1. The zero-order valence-corrected chi connectivity index (χ0v) is 14.3. The molecule has 0 aliphatic carbocycles. The second kappa shape index (κ2) is 7.05. The number of ether oxygens (including phenoxy) is 1. The van der Waals surface area contributed by atoms with Crippen molar-refractivity contribution in [3.8, 4) is 5.75 Å². The second-order valence-corrected chi connectivity index (χ2v) is 6.83. The Bertz CT molecular complexity index is 743. The van der Waals surface area contributed by atoms with Crippen molar-refractivity contribution in [1.82, 2.24) is 4.90 Å². The molecular weight excluding hydrogens is 353 g/mol. The van der Waals surface area contributed by atoms with E-state index in [1.807, 2.05) is 6.92 Å². The molecule has 0 saturated carbocycles. The molecule has 2 heterocycles. The van der Waals surface area contributed by atoms with Gasteiger partial charge in [0.1, 0.15) is 5.75 Å². The van der Waals surface area contributed by atoms with Gasteiger partial charge >= 0.3 is 6.36 Å². The van der Waals surface area contributed by atoms with Crippen molar-refractivity contribution in [1.29, 1.82) is 0 Å². The molecule has 0 bridgehead atoms. The van der Waals surface area contributed by atoms with Gasteiger partial charge in [0.25, 0.3) is 0 Å². The number of thiophene rings is 1. The summed E-state index contributed by atoms with van der Waals surface area (Å²) < 4.78 is 40.3. The van der Waals surface area contributed by atoms with Crippen LogP contribution in [0, 0.1) is 0 Å². The Kier molecular flexibility index (Phi) is 5.01. The Morgan fingerprint density at radius 1 is 1.28 bits per heavy atom. The lowest BCUT2D eigenvalue weighted by atomic mass is 10.1. The topological polar surface area (TPSA) is 41.6 Å². The molecule has 1 amide bonds. The van der Waals surface area contributed by atoms with Crippen LogP contribution in [0.2, 0.25) is 0 Å². The SMILES string of the molecule is CC(C(=O)Nc1ccc(OC(F)(F)F)cc1)N1CCc2sccc2C1. The summed E-state index contributed by atoms with van der Waals surface area (Å²) in [6.07, 6.45) is -3.80. The molecule has 0 radical (unpaired) electrons. The average Bonchev–Trinajstić information content (AvgIpc) is 3.02. The van der Waals surface area contributed by atoms with E-state index in [1.165, 1.54) is 34.7 Å². The lowest BCUT2D eigenvalue weighted by molar-refractivity contribution is -0.274. The Labute approximate surface area is 147 Å². The molecule has 3 rings (SSSR count). The van der Waals surface area contributed by atoms with Crippen LogP contribution in [-0.2, 0) is 17.8 Å². The second-order valence-electron chi connectivity index (χ2n) is 5.83. The molecule has 1 aliphatic rings. The molecule has 4 nitrogen and oxygen atoms in total. The highest BCUT2D eigenvalue weighted by atomic mass is 32.1. The number of carbonyl (C=O) groups is 1. The summed E-state index contributed by atoms with van der Waals surface area (Å²) in [7, 11) is 0. The predicted molar refractivity (Wildman–Crippen MR) is 89.6 cm³/mol. The summed E-state index contributed by atoms with van der Waals surface area (Å²) in [6, 6.07) is 6.87. The van der Waals surface area contributed by atoms with E-state index in [2.05, 4.69) is 26.4 Å². The van der Waals surface area contributed by atoms with Crippen molar-refractivity contribution < 1.29 is 22.7 Å². The number of carbonyl (C=O) groups excluding carboxylic acids is 1. The molecular formula is C17H17F3N2O2S. The average molecular weight is 370 g/mol. The number of nitrogens with zero attached hydrogens (tertiary/aromatic N) is 1. The van der Waals surface area contributed by atoms with Crippen molar-refractivity contribution in [3.63, 3.8) is 0 Å². The number of fused-ring (bicyclic) bond motifs is 1. The third kappa shape index (κ3) is 4.52. The summed E-state index contributed by atoms with van der Waals surface area (Å²) in [5.74, 6) is -0.511. The van der Waals surface area contributed by atoms with Crippen LogP contribution < -0.4 is 10.1 Å².